The van der Waals surface area contributed by atoms with Gasteiger partial charge in [0, 0.05) is 25.8 Å². The van der Waals surface area contributed by atoms with E-state index in [1.54, 1.807) is 6.92 Å². The highest BCUT2D eigenvalue weighted by Crippen LogP contribution is 2.26. The molecule has 9 heteroatoms. The summed E-state index contributed by atoms with van der Waals surface area (Å²) in [5.41, 5.74) is -0.0855. The van der Waals surface area contributed by atoms with Crippen LogP contribution in [0, 0.1) is 5.82 Å². The highest BCUT2D eigenvalue weighted by molar-refractivity contribution is 9.10. The van der Waals surface area contributed by atoms with Crippen LogP contribution in [0.25, 0.3) is 0 Å². The third-order valence-corrected chi connectivity index (χ3v) is 4.79. The minimum atomic E-state index is -4.14. The van der Waals surface area contributed by atoms with E-state index in [9.17, 15) is 17.6 Å². The number of benzene rings is 1. The van der Waals surface area contributed by atoms with Gasteiger partial charge in [0.25, 0.3) is 5.91 Å². The molecule has 0 fully saturated rings. The quantitative estimate of drug-likeness (QED) is 0.803. The van der Waals surface area contributed by atoms with Crippen LogP contribution in [0.2, 0.25) is 0 Å². The molecule has 0 saturated heterocycles. The number of nitrogens with zero attached hydrogens (tertiary/aromatic N) is 1. The molecule has 2 N–H and O–H groups in total. The van der Waals surface area contributed by atoms with Gasteiger partial charge in [-0.15, -0.1) is 0 Å². The Bertz CT molecular complexity index is 636. The number of carbonyl (C=O) groups is 1. The Morgan fingerprint density at radius 2 is 2.10 bits per heavy atom. The van der Waals surface area contributed by atoms with Crippen LogP contribution in [0.1, 0.15) is 17.3 Å². The number of hydrogen-bond acceptors (Lipinski definition) is 4. The van der Waals surface area contributed by atoms with Crippen molar-refractivity contribution < 1.29 is 22.3 Å². The molecule has 1 aromatic carbocycles. The van der Waals surface area contributed by atoms with Gasteiger partial charge in [0.1, 0.15) is 5.82 Å². The predicted molar refractivity (Wildman–Crippen MR) is 78.9 cm³/mol. The zero-order chi connectivity index (χ0) is 16.2. The number of rotatable bonds is 6. The molecule has 0 bridgehead atoms. The van der Waals surface area contributed by atoms with Gasteiger partial charge in [-0.3, -0.25) is 4.79 Å². The molecule has 0 spiro atoms. The molecule has 0 aliphatic heterocycles. The van der Waals surface area contributed by atoms with Crippen LogP contribution >= 0.6 is 15.9 Å². The smallest absolute Gasteiger partial charge is 0.254 e. The van der Waals surface area contributed by atoms with Crippen molar-refractivity contribution in [3.63, 3.8) is 0 Å². The summed E-state index contributed by atoms with van der Waals surface area (Å²) in [5, 5.41) is 5.01. The number of halogens is 2. The molecule has 0 saturated carbocycles. The Balaban J connectivity index is 3.25. The van der Waals surface area contributed by atoms with Crippen molar-refractivity contribution in [2.24, 2.45) is 5.14 Å². The minimum absolute atomic E-state index is 0.0855. The maximum atomic E-state index is 13.8. The lowest BCUT2D eigenvalue weighted by molar-refractivity contribution is 0.0705. The highest BCUT2D eigenvalue weighted by atomic mass is 79.9. The lowest BCUT2D eigenvalue weighted by Crippen LogP contribution is -2.34. The van der Waals surface area contributed by atoms with Gasteiger partial charge in [-0.2, -0.15) is 0 Å². The van der Waals surface area contributed by atoms with Gasteiger partial charge in [-0.25, -0.2) is 17.9 Å². The molecule has 21 heavy (non-hydrogen) atoms. The molecule has 0 aliphatic carbocycles. The van der Waals surface area contributed by atoms with Gasteiger partial charge >= 0.3 is 0 Å². The molecule has 0 aliphatic rings. The number of sulfonamides is 1. The normalized spacial score (nSPS) is 11.5. The number of carbonyl (C=O) groups excluding carboxylic acids is 1. The number of nitrogens with two attached hydrogens (primary N) is 1. The third-order valence-electron chi connectivity index (χ3n) is 2.78. The Labute approximate surface area is 131 Å². The third kappa shape index (κ3) is 4.47. The van der Waals surface area contributed by atoms with Crippen LogP contribution in [-0.4, -0.2) is 46.0 Å². The molecular formula is C12H16BrFN2O4S. The van der Waals surface area contributed by atoms with E-state index in [-0.39, 0.29) is 10.0 Å². The molecule has 0 atom stereocenters. The van der Waals surface area contributed by atoms with Gasteiger partial charge in [0.05, 0.1) is 16.0 Å². The van der Waals surface area contributed by atoms with Gasteiger partial charge in [0.2, 0.25) is 10.0 Å². The number of primary sulfonamides is 1. The summed E-state index contributed by atoms with van der Waals surface area (Å²) in [7, 11) is -2.65. The van der Waals surface area contributed by atoms with Crippen molar-refractivity contribution in [3.05, 3.63) is 28.0 Å². The summed E-state index contributed by atoms with van der Waals surface area (Å²) >= 11 is 2.82. The van der Waals surface area contributed by atoms with Crippen molar-refractivity contribution in [2.45, 2.75) is 11.8 Å². The molecular weight excluding hydrogens is 367 g/mol. The largest absolute Gasteiger partial charge is 0.383 e. The molecule has 0 unspecified atom stereocenters. The van der Waals surface area contributed by atoms with Crippen molar-refractivity contribution >= 4 is 31.9 Å². The molecule has 118 valence electrons. The van der Waals surface area contributed by atoms with Crippen LogP contribution in [0.5, 0.6) is 0 Å². The van der Waals surface area contributed by atoms with E-state index >= 15 is 0 Å². The van der Waals surface area contributed by atoms with E-state index in [1.807, 2.05) is 0 Å². The van der Waals surface area contributed by atoms with Crippen LogP contribution < -0.4 is 5.14 Å². The second kappa shape index (κ2) is 7.30. The zero-order valence-electron chi connectivity index (χ0n) is 11.6. The number of amides is 1. The van der Waals surface area contributed by atoms with Crippen molar-refractivity contribution in [1.29, 1.82) is 0 Å². The van der Waals surface area contributed by atoms with Crippen molar-refractivity contribution in [1.82, 2.24) is 4.90 Å². The summed E-state index contributed by atoms with van der Waals surface area (Å²) in [4.78, 5) is 13.2. The Hall–Kier alpha value is -1.03. The Morgan fingerprint density at radius 1 is 1.48 bits per heavy atom. The van der Waals surface area contributed by atoms with Crippen LogP contribution in [-0.2, 0) is 14.8 Å². The number of likely N-dealkylation sites (N-methyl/N-ethyl adjacent to an activating group) is 1. The first-order chi connectivity index (χ1) is 9.72. The lowest BCUT2D eigenvalue weighted by atomic mass is 10.2. The first-order valence-electron chi connectivity index (χ1n) is 6.02. The predicted octanol–water partition coefficient (Wildman–Crippen LogP) is 1.34. The average molecular weight is 383 g/mol. The molecule has 0 aromatic heterocycles. The SMILES string of the molecule is CCN(CCOC)C(=O)c1cc(F)c(Br)c(S(N)(=O)=O)c1. The van der Waals surface area contributed by atoms with Crippen molar-refractivity contribution in [2.75, 3.05) is 26.8 Å². The lowest BCUT2D eigenvalue weighted by Gasteiger charge is -2.21. The number of methoxy groups -OCH3 is 1. The maximum Gasteiger partial charge on any atom is 0.254 e. The molecule has 0 heterocycles. The van der Waals surface area contributed by atoms with Gasteiger partial charge in [-0.1, -0.05) is 0 Å². The van der Waals surface area contributed by atoms with Crippen molar-refractivity contribution in [3.8, 4) is 0 Å². The fraction of sp³-hybridized carbons (Fsp3) is 0.417. The first kappa shape index (κ1) is 18.0. The van der Waals surface area contributed by atoms with Crippen LogP contribution in [0.15, 0.2) is 21.5 Å². The van der Waals surface area contributed by atoms with E-state index in [4.69, 9.17) is 9.88 Å². The van der Waals surface area contributed by atoms with Gasteiger partial charge < -0.3 is 9.64 Å². The van der Waals surface area contributed by atoms with Gasteiger partial charge in [-0.05, 0) is 35.0 Å². The zero-order valence-corrected chi connectivity index (χ0v) is 14.0. The van der Waals surface area contributed by atoms with E-state index in [2.05, 4.69) is 15.9 Å². The molecule has 1 amide bonds. The monoisotopic (exact) mass is 382 g/mol. The molecule has 6 nitrogen and oxygen atoms in total. The summed E-state index contributed by atoms with van der Waals surface area (Å²) in [6.07, 6.45) is 0. The van der Waals surface area contributed by atoms with E-state index in [0.29, 0.717) is 19.7 Å². The summed E-state index contributed by atoms with van der Waals surface area (Å²) < 4.78 is 41.2. The summed E-state index contributed by atoms with van der Waals surface area (Å²) in [5.74, 6) is -1.36. The number of ether oxygens (including phenoxy) is 1. The number of hydrogen-bond donors (Lipinski definition) is 1. The van der Waals surface area contributed by atoms with Crippen LogP contribution in [0.4, 0.5) is 4.39 Å². The fourth-order valence-corrected chi connectivity index (χ4v) is 3.23. The molecule has 1 aromatic rings. The summed E-state index contributed by atoms with van der Waals surface area (Å²) in [6.45, 7) is 2.77. The minimum Gasteiger partial charge on any atom is -0.383 e. The Kier molecular flexibility index (Phi) is 6.26. The Morgan fingerprint density at radius 3 is 2.57 bits per heavy atom. The maximum absolute atomic E-state index is 13.8. The van der Waals surface area contributed by atoms with E-state index in [1.165, 1.54) is 12.0 Å². The second-order valence-electron chi connectivity index (χ2n) is 4.19. The van der Waals surface area contributed by atoms with E-state index < -0.39 is 26.6 Å². The average Bonchev–Trinajstić information content (AvgIpc) is 2.40. The van der Waals surface area contributed by atoms with Crippen LogP contribution in [0.3, 0.4) is 0 Å². The fourth-order valence-electron chi connectivity index (χ4n) is 1.68. The van der Waals surface area contributed by atoms with E-state index in [0.717, 1.165) is 12.1 Å². The molecule has 1 rings (SSSR count). The second-order valence-corrected chi connectivity index (χ2v) is 6.52. The molecule has 0 radical (unpaired) electrons. The topological polar surface area (TPSA) is 89.7 Å². The standard InChI is InChI=1S/C12H16BrFN2O4S/c1-3-16(4-5-20-2)12(17)8-6-9(14)11(13)10(7-8)21(15,18)19/h6-7H,3-5H2,1-2H3,(H2,15,18,19). The van der Waals surface area contributed by atoms with Gasteiger partial charge in [0.15, 0.2) is 0 Å². The first-order valence-corrected chi connectivity index (χ1v) is 8.36. The highest BCUT2D eigenvalue weighted by Gasteiger charge is 2.22. The summed E-state index contributed by atoms with van der Waals surface area (Å²) in [6, 6.07) is 2.02.